The van der Waals surface area contributed by atoms with Gasteiger partial charge in [-0.2, -0.15) is 0 Å². The zero-order valence-corrected chi connectivity index (χ0v) is 12.2. The quantitative estimate of drug-likeness (QED) is 0.807. The van der Waals surface area contributed by atoms with Gasteiger partial charge in [-0.25, -0.2) is 0 Å². The SMILES string of the molecule is CCN(CC)C(=O)c1cccc(Cc2ccccc2)c1. The molecule has 0 spiro atoms. The van der Waals surface area contributed by atoms with E-state index in [0.29, 0.717) is 0 Å². The van der Waals surface area contributed by atoms with Crippen molar-refractivity contribution in [1.82, 2.24) is 4.90 Å². The van der Waals surface area contributed by atoms with Crippen molar-refractivity contribution in [2.45, 2.75) is 20.3 Å². The molecule has 2 aromatic carbocycles. The number of hydrogen-bond acceptors (Lipinski definition) is 1. The summed E-state index contributed by atoms with van der Waals surface area (Å²) in [6.45, 7) is 5.51. The maximum Gasteiger partial charge on any atom is 0.253 e. The fourth-order valence-corrected chi connectivity index (χ4v) is 2.34. The van der Waals surface area contributed by atoms with E-state index in [-0.39, 0.29) is 5.91 Å². The Balaban J connectivity index is 2.18. The predicted octanol–water partition coefficient (Wildman–Crippen LogP) is 3.76. The summed E-state index contributed by atoms with van der Waals surface area (Å²) in [7, 11) is 0. The minimum atomic E-state index is 0.116. The molecular weight excluding hydrogens is 246 g/mol. The fourth-order valence-electron chi connectivity index (χ4n) is 2.34. The number of hydrogen-bond donors (Lipinski definition) is 0. The molecule has 0 fully saturated rings. The van der Waals surface area contributed by atoms with E-state index < -0.39 is 0 Å². The predicted molar refractivity (Wildman–Crippen MR) is 82.9 cm³/mol. The lowest BCUT2D eigenvalue weighted by Gasteiger charge is -2.18. The number of benzene rings is 2. The Morgan fingerprint density at radius 1 is 0.900 bits per heavy atom. The number of nitrogens with zero attached hydrogens (tertiary/aromatic N) is 1. The van der Waals surface area contributed by atoms with Crippen molar-refractivity contribution in [1.29, 1.82) is 0 Å². The van der Waals surface area contributed by atoms with Crippen LogP contribution in [0.4, 0.5) is 0 Å². The van der Waals surface area contributed by atoms with E-state index in [1.165, 1.54) is 11.1 Å². The first-order valence-corrected chi connectivity index (χ1v) is 7.16. The van der Waals surface area contributed by atoms with E-state index in [2.05, 4.69) is 18.2 Å². The lowest BCUT2D eigenvalue weighted by molar-refractivity contribution is 0.0773. The van der Waals surface area contributed by atoms with Crippen LogP contribution >= 0.6 is 0 Å². The van der Waals surface area contributed by atoms with Gasteiger partial charge in [-0.15, -0.1) is 0 Å². The van der Waals surface area contributed by atoms with Crippen LogP contribution in [-0.2, 0) is 6.42 Å². The summed E-state index contributed by atoms with van der Waals surface area (Å²) < 4.78 is 0. The molecule has 0 atom stereocenters. The number of carbonyl (C=O) groups excluding carboxylic acids is 1. The molecule has 0 aliphatic rings. The molecule has 2 aromatic rings. The highest BCUT2D eigenvalue weighted by Crippen LogP contribution is 2.13. The van der Waals surface area contributed by atoms with Crippen LogP contribution in [0.3, 0.4) is 0 Å². The molecule has 1 amide bonds. The largest absolute Gasteiger partial charge is 0.339 e. The minimum absolute atomic E-state index is 0.116. The van der Waals surface area contributed by atoms with Gasteiger partial charge in [0.05, 0.1) is 0 Å². The molecule has 0 N–H and O–H groups in total. The molecule has 0 saturated carbocycles. The van der Waals surface area contributed by atoms with Crippen LogP contribution in [0.15, 0.2) is 54.6 Å². The van der Waals surface area contributed by atoms with Crippen LogP contribution < -0.4 is 0 Å². The van der Waals surface area contributed by atoms with Crippen molar-refractivity contribution in [3.63, 3.8) is 0 Å². The van der Waals surface area contributed by atoms with E-state index >= 15 is 0 Å². The molecule has 2 nitrogen and oxygen atoms in total. The Hall–Kier alpha value is -2.09. The average molecular weight is 267 g/mol. The average Bonchev–Trinajstić information content (AvgIpc) is 2.49. The third-order valence-corrected chi connectivity index (χ3v) is 3.48. The molecule has 0 aromatic heterocycles. The fraction of sp³-hybridized carbons (Fsp3) is 0.278. The zero-order chi connectivity index (χ0) is 14.4. The molecule has 2 heteroatoms. The standard InChI is InChI=1S/C18H21NO/c1-3-19(4-2)18(20)17-12-8-11-16(14-17)13-15-9-6-5-7-10-15/h5-12,14H,3-4,13H2,1-2H3. The van der Waals surface area contributed by atoms with Crippen LogP contribution in [-0.4, -0.2) is 23.9 Å². The van der Waals surface area contributed by atoms with Gasteiger partial charge < -0.3 is 4.90 Å². The lowest BCUT2D eigenvalue weighted by atomic mass is 10.0. The third kappa shape index (κ3) is 3.47. The maximum atomic E-state index is 12.3. The van der Waals surface area contributed by atoms with Gasteiger partial charge in [-0.05, 0) is 43.5 Å². The summed E-state index contributed by atoms with van der Waals surface area (Å²) in [5.74, 6) is 0.116. The third-order valence-electron chi connectivity index (χ3n) is 3.48. The summed E-state index contributed by atoms with van der Waals surface area (Å²) in [6.07, 6.45) is 0.861. The summed E-state index contributed by atoms with van der Waals surface area (Å²) in [5.41, 5.74) is 3.22. The first kappa shape index (κ1) is 14.3. The monoisotopic (exact) mass is 267 g/mol. The second kappa shape index (κ2) is 6.90. The molecule has 0 saturated heterocycles. The van der Waals surface area contributed by atoms with Crippen LogP contribution in [0.1, 0.15) is 35.3 Å². The van der Waals surface area contributed by atoms with E-state index in [9.17, 15) is 4.79 Å². The second-order valence-corrected chi connectivity index (χ2v) is 4.84. The highest BCUT2D eigenvalue weighted by molar-refractivity contribution is 5.94. The Morgan fingerprint density at radius 2 is 1.55 bits per heavy atom. The molecule has 0 unspecified atom stereocenters. The van der Waals surface area contributed by atoms with Crippen molar-refractivity contribution in [2.24, 2.45) is 0 Å². The molecule has 0 aliphatic heterocycles. The van der Waals surface area contributed by atoms with Crippen molar-refractivity contribution >= 4 is 5.91 Å². The van der Waals surface area contributed by atoms with Gasteiger partial charge in [0.1, 0.15) is 0 Å². The van der Waals surface area contributed by atoms with Crippen molar-refractivity contribution in [3.05, 3.63) is 71.3 Å². The molecule has 2 rings (SSSR count). The van der Waals surface area contributed by atoms with Gasteiger partial charge in [0.2, 0.25) is 0 Å². The molecular formula is C18H21NO. The maximum absolute atomic E-state index is 12.3. The molecule has 104 valence electrons. The van der Waals surface area contributed by atoms with Crippen molar-refractivity contribution in [3.8, 4) is 0 Å². The van der Waals surface area contributed by atoms with E-state index in [4.69, 9.17) is 0 Å². The van der Waals surface area contributed by atoms with Crippen LogP contribution in [0.25, 0.3) is 0 Å². The van der Waals surface area contributed by atoms with Crippen molar-refractivity contribution in [2.75, 3.05) is 13.1 Å². The van der Waals surface area contributed by atoms with Crippen LogP contribution in [0, 0.1) is 0 Å². The minimum Gasteiger partial charge on any atom is -0.339 e. The molecule has 0 aliphatic carbocycles. The van der Waals surface area contributed by atoms with Crippen LogP contribution in [0.5, 0.6) is 0 Å². The number of amides is 1. The summed E-state index contributed by atoms with van der Waals surface area (Å²) in [4.78, 5) is 14.2. The first-order chi connectivity index (χ1) is 9.74. The highest BCUT2D eigenvalue weighted by Gasteiger charge is 2.12. The second-order valence-electron chi connectivity index (χ2n) is 4.84. The molecule has 20 heavy (non-hydrogen) atoms. The zero-order valence-electron chi connectivity index (χ0n) is 12.2. The summed E-state index contributed by atoms with van der Waals surface area (Å²) >= 11 is 0. The Bertz CT molecular complexity index is 559. The Kier molecular flexibility index (Phi) is 4.94. The highest BCUT2D eigenvalue weighted by atomic mass is 16.2. The van der Waals surface area contributed by atoms with Gasteiger partial charge in [-0.1, -0.05) is 42.5 Å². The van der Waals surface area contributed by atoms with E-state index in [1.807, 2.05) is 55.1 Å². The normalized spacial score (nSPS) is 10.3. The Morgan fingerprint density at radius 3 is 2.20 bits per heavy atom. The number of rotatable bonds is 5. The van der Waals surface area contributed by atoms with Gasteiger partial charge in [0, 0.05) is 18.7 Å². The topological polar surface area (TPSA) is 20.3 Å². The summed E-state index contributed by atoms with van der Waals surface area (Å²) in [5, 5.41) is 0. The van der Waals surface area contributed by atoms with Crippen molar-refractivity contribution < 1.29 is 4.79 Å². The molecule has 0 heterocycles. The first-order valence-electron chi connectivity index (χ1n) is 7.16. The Labute approximate surface area is 121 Å². The lowest BCUT2D eigenvalue weighted by Crippen LogP contribution is -2.30. The molecule has 0 bridgehead atoms. The van der Waals surface area contributed by atoms with Gasteiger partial charge >= 0.3 is 0 Å². The smallest absolute Gasteiger partial charge is 0.253 e. The van der Waals surface area contributed by atoms with E-state index in [1.54, 1.807) is 0 Å². The van der Waals surface area contributed by atoms with Gasteiger partial charge in [0.25, 0.3) is 5.91 Å². The molecule has 0 radical (unpaired) electrons. The van der Waals surface area contributed by atoms with Gasteiger partial charge in [0.15, 0.2) is 0 Å². The van der Waals surface area contributed by atoms with Gasteiger partial charge in [-0.3, -0.25) is 4.79 Å². The number of carbonyl (C=O) groups is 1. The summed E-state index contributed by atoms with van der Waals surface area (Å²) in [6, 6.07) is 18.3. The van der Waals surface area contributed by atoms with E-state index in [0.717, 1.165) is 25.1 Å². The van der Waals surface area contributed by atoms with Crippen LogP contribution in [0.2, 0.25) is 0 Å².